The molecule has 0 bridgehead atoms. The summed E-state index contributed by atoms with van der Waals surface area (Å²) >= 11 is 0. The second-order valence-electron chi connectivity index (χ2n) is 6.79. The highest BCUT2D eigenvalue weighted by atomic mass is 16.6. The van der Waals surface area contributed by atoms with E-state index in [0.717, 1.165) is 10.3 Å². The normalized spacial score (nSPS) is 10.8. The summed E-state index contributed by atoms with van der Waals surface area (Å²) in [5.74, 6) is 0.167. The predicted octanol–water partition coefficient (Wildman–Crippen LogP) is 4.42. The van der Waals surface area contributed by atoms with E-state index in [9.17, 15) is 20.1 Å². The number of nitro benzene ring substituents is 1. The van der Waals surface area contributed by atoms with Crippen LogP contribution in [0, 0.1) is 10.1 Å². The van der Waals surface area contributed by atoms with E-state index in [1.165, 1.54) is 18.2 Å². The standard InChI is InChI=1S/C22H18N4O4/c27-21(13-6-15-4-2-1-3-5-15)23-17-9-7-16(8-10-17)22-24-19-12-11-18(26(29)30)14-20(19)25(22)28/h1-5,7-12,14,28H,6,13H2,(H,23,27). The molecular weight excluding hydrogens is 384 g/mol. The third-order valence-electron chi connectivity index (χ3n) is 4.74. The van der Waals surface area contributed by atoms with E-state index in [1.807, 2.05) is 30.3 Å². The van der Waals surface area contributed by atoms with Gasteiger partial charge in [-0.25, -0.2) is 4.98 Å². The third kappa shape index (κ3) is 3.97. The maximum atomic E-state index is 12.2. The molecule has 1 aromatic heterocycles. The third-order valence-corrected chi connectivity index (χ3v) is 4.74. The number of amides is 1. The molecule has 0 saturated heterocycles. The quantitative estimate of drug-likeness (QED) is 0.282. The molecule has 0 atom stereocenters. The summed E-state index contributed by atoms with van der Waals surface area (Å²) in [6.45, 7) is 0. The van der Waals surface area contributed by atoms with Crippen LogP contribution in [0.1, 0.15) is 12.0 Å². The van der Waals surface area contributed by atoms with Gasteiger partial charge in [0.15, 0.2) is 5.82 Å². The molecular formula is C22H18N4O4. The Morgan fingerprint density at radius 3 is 2.50 bits per heavy atom. The molecule has 4 aromatic rings. The van der Waals surface area contributed by atoms with Crippen molar-refractivity contribution in [2.24, 2.45) is 0 Å². The number of non-ortho nitro benzene ring substituents is 1. The number of benzene rings is 3. The molecule has 3 aromatic carbocycles. The first-order chi connectivity index (χ1) is 14.5. The number of nitro groups is 1. The van der Waals surface area contributed by atoms with Gasteiger partial charge in [-0.2, -0.15) is 4.73 Å². The van der Waals surface area contributed by atoms with Crippen molar-refractivity contribution in [3.8, 4) is 11.4 Å². The summed E-state index contributed by atoms with van der Waals surface area (Å²) in [4.78, 5) is 26.9. The Morgan fingerprint density at radius 1 is 1.07 bits per heavy atom. The van der Waals surface area contributed by atoms with Crippen molar-refractivity contribution >= 4 is 28.3 Å². The van der Waals surface area contributed by atoms with Crippen molar-refractivity contribution in [3.05, 3.63) is 88.5 Å². The van der Waals surface area contributed by atoms with Gasteiger partial charge in [0.25, 0.3) is 5.69 Å². The van der Waals surface area contributed by atoms with Crippen LogP contribution in [0.15, 0.2) is 72.8 Å². The van der Waals surface area contributed by atoms with Gasteiger partial charge in [-0.15, -0.1) is 0 Å². The molecule has 0 fully saturated rings. The molecule has 150 valence electrons. The van der Waals surface area contributed by atoms with E-state index in [4.69, 9.17) is 0 Å². The van der Waals surface area contributed by atoms with Crippen LogP contribution in [-0.2, 0) is 11.2 Å². The predicted molar refractivity (Wildman–Crippen MR) is 112 cm³/mol. The SMILES string of the molecule is O=C(CCc1ccccc1)Nc1ccc(-c2nc3ccc([N+](=O)[O-])cc3n2O)cc1. The minimum absolute atomic E-state index is 0.0895. The first-order valence-corrected chi connectivity index (χ1v) is 9.31. The number of hydrogen-bond acceptors (Lipinski definition) is 5. The van der Waals surface area contributed by atoms with E-state index in [-0.39, 0.29) is 22.9 Å². The molecule has 0 unspecified atom stereocenters. The lowest BCUT2D eigenvalue weighted by Gasteiger charge is -2.07. The molecule has 0 radical (unpaired) electrons. The lowest BCUT2D eigenvalue weighted by molar-refractivity contribution is -0.384. The first-order valence-electron chi connectivity index (χ1n) is 9.31. The van der Waals surface area contributed by atoms with Crippen molar-refractivity contribution in [3.63, 3.8) is 0 Å². The first kappa shape index (κ1) is 19.1. The van der Waals surface area contributed by atoms with Gasteiger partial charge in [-0.05, 0) is 42.3 Å². The summed E-state index contributed by atoms with van der Waals surface area (Å²) in [6, 6.07) is 20.8. The van der Waals surface area contributed by atoms with Crippen molar-refractivity contribution in [2.75, 3.05) is 5.32 Å². The molecule has 0 aliphatic heterocycles. The summed E-state index contributed by atoms with van der Waals surface area (Å²) in [6.07, 6.45) is 1.03. The van der Waals surface area contributed by atoms with Crippen molar-refractivity contribution in [2.45, 2.75) is 12.8 Å². The molecule has 30 heavy (non-hydrogen) atoms. The molecule has 1 heterocycles. The highest BCUT2D eigenvalue weighted by Crippen LogP contribution is 2.27. The van der Waals surface area contributed by atoms with Crippen LogP contribution >= 0.6 is 0 Å². The zero-order valence-corrected chi connectivity index (χ0v) is 15.9. The number of aromatic nitrogens is 2. The molecule has 0 aliphatic rings. The number of aryl methyl sites for hydroxylation is 1. The Morgan fingerprint density at radius 2 is 1.80 bits per heavy atom. The van der Waals surface area contributed by atoms with Gasteiger partial charge < -0.3 is 10.5 Å². The van der Waals surface area contributed by atoms with Crippen LogP contribution in [0.5, 0.6) is 0 Å². The van der Waals surface area contributed by atoms with Crippen LogP contribution in [0.4, 0.5) is 11.4 Å². The maximum absolute atomic E-state index is 12.2. The van der Waals surface area contributed by atoms with Crippen LogP contribution < -0.4 is 5.32 Å². The van der Waals surface area contributed by atoms with Gasteiger partial charge in [0.05, 0.1) is 10.4 Å². The Kier molecular flexibility index (Phi) is 5.13. The lowest BCUT2D eigenvalue weighted by atomic mass is 10.1. The number of hydrogen-bond donors (Lipinski definition) is 2. The fraction of sp³-hybridized carbons (Fsp3) is 0.0909. The van der Waals surface area contributed by atoms with Gasteiger partial charge >= 0.3 is 0 Å². The summed E-state index contributed by atoms with van der Waals surface area (Å²) in [7, 11) is 0. The number of imidazole rings is 1. The van der Waals surface area contributed by atoms with Gasteiger partial charge in [0, 0.05) is 29.8 Å². The van der Waals surface area contributed by atoms with Gasteiger partial charge in [0.2, 0.25) is 5.91 Å². The highest BCUT2D eigenvalue weighted by Gasteiger charge is 2.16. The number of nitrogens with one attached hydrogen (secondary N) is 1. The lowest BCUT2D eigenvalue weighted by Crippen LogP contribution is -2.12. The average Bonchev–Trinajstić information content (AvgIpc) is 3.09. The molecule has 0 saturated carbocycles. The van der Waals surface area contributed by atoms with E-state index >= 15 is 0 Å². The zero-order valence-electron chi connectivity index (χ0n) is 15.9. The minimum Gasteiger partial charge on any atom is -0.426 e. The summed E-state index contributed by atoms with van der Waals surface area (Å²) < 4.78 is 0.829. The average molecular weight is 402 g/mol. The summed E-state index contributed by atoms with van der Waals surface area (Å²) in [5.41, 5.74) is 2.91. The van der Waals surface area contributed by atoms with Crippen LogP contribution in [0.2, 0.25) is 0 Å². The van der Waals surface area contributed by atoms with Crippen LogP contribution in [0.3, 0.4) is 0 Å². The van der Waals surface area contributed by atoms with E-state index < -0.39 is 4.92 Å². The maximum Gasteiger partial charge on any atom is 0.271 e. The minimum atomic E-state index is -0.526. The van der Waals surface area contributed by atoms with E-state index in [2.05, 4.69) is 10.3 Å². The molecule has 0 aliphatic carbocycles. The van der Waals surface area contributed by atoms with Crippen molar-refractivity contribution in [1.29, 1.82) is 0 Å². The van der Waals surface area contributed by atoms with E-state index in [1.54, 1.807) is 24.3 Å². The Labute approximate surface area is 171 Å². The molecule has 2 N–H and O–H groups in total. The zero-order chi connectivity index (χ0) is 21.1. The highest BCUT2D eigenvalue weighted by molar-refractivity contribution is 5.91. The Balaban J connectivity index is 1.47. The number of rotatable bonds is 6. The largest absolute Gasteiger partial charge is 0.426 e. The number of fused-ring (bicyclic) bond motifs is 1. The number of nitrogens with zero attached hydrogens (tertiary/aromatic N) is 3. The number of carbonyl (C=O) groups excluding carboxylic acids is 1. The monoisotopic (exact) mass is 402 g/mol. The molecule has 8 nitrogen and oxygen atoms in total. The molecule has 4 rings (SSSR count). The topological polar surface area (TPSA) is 110 Å². The van der Waals surface area contributed by atoms with Gasteiger partial charge in [-0.1, -0.05) is 30.3 Å². The second-order valence-corrected chi connectivity index (χ2v) is 6.79. The van der Waals surface area contributed by atoms with Gasteiger partial charge in [0.1, 0.15) is 5.52 Å². The molecule has 1 amide bonds. The molecule has 8 heteroatoms. The second kappa shape index (κ2) is 8.04. The fourth-order valence-electron chi connectivity index (χ4n) is 3.18. The Bertz CT molecular complexity index is 1220. The smallest absolute Gasteiger partial charge is 0.271 e. The number of anilines is 1. The van der Waals surface area contributed by atoms with Crippen molar-refractivity contribution in [1.82, 2.24) is 9.71 Å². The fourth-order valence-corrected chi connectivity index (χ4v) is 3.18. The molecule has 0 spiro atoms. The van der Waals surface area contributed by atoms with Crippen molar-refractivity contribution < 1.29 is 14.9 Å². The Hall–Kier alpha value is -4.20. The number of carbonyl (C=O) groups is 1. The van der Waals surface area contributed by atoms with Crippen LogP contribution in [-0.4, -0.2) is 25.8 Å². The van der Waals surface area contributed by atoms with Gasteiger partial charge in [-0.3, -0.25) is 14.9 Å². The van der Waals surface area contributed by atoms with Crippen LogP contribution in [0.25, 0.3) is 22.4 Å². The van der Waals surface area contributed by atoms with E-state index in [0.29, 0.717) is 29.6 Å². The summed E-state index contributed by atoms with van der Waals surface area (Å²) in [5, 5.41) is 24.2.